The van der Waals surface area contributed by atoms with Gasteiger partial charge in [0.2, 0.25) is 0 Å². The van der Waals surface area contributed by atoms with E-state index >= 15 is 0 Å². The fourth-order valence-electron chi connectivity index (χ4n) is 2.30. The van der Waals surface area contributed by atoms with E-state index in [0.29, 0.717) is 11.3 Å². The van der Waals surface area contributed by atoms with Gasteiger partial charge in [0.1, 0.15) is 5.69 Å². The van der Waals surface area contributed by atoms with Crippen molar-refractivity contribution in [3.63, 3.8) is 0 Å². The number of hydroxylamine groups is 2. The summed E-state index contributed by atoms with van der Waals surface area (Å²) in [5.74, 6) is -0.0388. The molecule has 0 aromatic carbocycles. The Hall–Kier alpha value is -2.40. The Morgan fingerprint density at radius 2 is 2.08 bits per heavy atom. The van der Waals surface area contributed by atoms with Gasteiger partial charge in [0.05, 0.1) is 16.2 Å². The van der Waals surface area contributed by atoms with Crippen LogP contribution in [0.25, 0.3) is 0 Å². The maximum absolute atomic E-state index is 12.8. The molecule has 0 radical (unpaired) electrons. The molecule has 11 heteroatoms. The number of pyridine rings is 1. The van der Waals surface area contributed by atoms with Crippen molar-refractivity contribution in [2.75, 3.05) is 6.26 Å². The first-order chi connectivity index (χ1) is 11.1. The van der Waals surface area contributed by atoms with Crippen molar-refractivity contribution >= 4 is 15.7 Å². The molecule has 2 aliphatic rings. The third kappa shape index (κ3) is 2.87. The van der Waals surface area contributed by atoms with Gasteiger partial charge in [0.25, 0.3) is 0 Å². The summed E-state index contributed by atoms with van der Waals surface area (Å²) in [7, 11) is -3.62. The predicted molar refractivity (Wildman–Crippen MR) is 76.7 cm³/mol. The minimum Gasteiger partial charge on any atom is -0.339 e. The van der Waals surface area contributed by atoms with Crippen LogP contribution in [0.3, 0.4) is 0 Å². The third-order valence-electron chi connectivity index (χ3n) is 3.35. The highest BCUT2D eigenvalue weighted by atomic mass is 32.2. The molecule has 3 heterocycles. The number of hydrogen-bond acceptors (Lipinski definition) is 7. The van der Waals surface area contributed by atoms with Gasteiger partial charge >= 0.3 is 6.18 Å². The van der Waals surface area contributed by atoms with E-state index in [9.17, 15) is 26.8 Å². The van der Waals surface area contributed by atoms with Gasteiger partial charge in [-0.15, -0.1) is 0 Å². The van der Waals surface area contributed by atoms with Crippen LogP contribution in [0, 0.1) is 0 Å². The second-order valence-electron chi connectivity index (χ2n) is 5.16. The van der Waals surface area contributed by atoms with Crippen molar-refractivity contribution in [2.24, 2.45) is 4.99 Å². The zero-order valence-electron chi connectivity index (χ0n) is 12.1. The van der Waals surface area contributed by atoms with Gasteiger partial charge in [-0.2, -0.15) is 13.2 Å². The Labute approximate surface area is 134 Å². The molecule has 0 aliphatic carbocycles. The number of sulfone groups is 1. The van der Waals surface area contributed by atoms with Crippen LogP contribution in [0.2, 0.25) is 0 Å². The summed E-state index contributed by atoms with van der Waals surface area (Å²) in [6.07, 6.45) is -2.14. The maximum atomic E-state index is 12.8. The van der Waals surface area contributed by atoms with Crippen molar-refractivity contribution in [1.29, 1.82) is 0 Å². The van der Waals surface area contributed by atoms with Crippen molar-refractivity contribution in [3.8, 4) is 0 Å². The molecule has 1 atom stereocenters. The number of nitrogens with zero attached hydrogens (tertiary/aromatic N) is 3. The highest BCUT2D eigenvalue weighted by Crippen LogP contribution is 2.33. The van der Waals surface area contributed by atoms with E-state index in [0.717, 1.165) is 12.3 Å². The normalized spacial score (nSPS) is 20.8. The van der Waals surface area contributed by atoms with Gasteiger partial charge in [-0.25, -0.2) is 18.5 Å². The highest BCUT2D eigenvalue weighted by molar-refractivity contribution is 7.90. The fraction of sp³-hybridized carbons (Fsp3) is 0.231. The number of fused-ring (bicyclic) bond motifs is 1. The standard InChI is InChI=1S/C13H11F3N4O3S/c1-24(22,23)9-3-2-4-17-10(9)11-18-8-5-7(13(14,15)16)6-20(21)12(8)19-11/h2-6,12,21H,1H3,(H,18,19). The Bertz CT molecular complexity index is 890. The van der Waals surface area contributed by atoms with Gasteiger partial charge in [-0.1, -0.05) is 0 Å². The molecule has 1 unspecified atom stereocenters. The molecule has 1 aromatic heterocycles. The average Bonchev–Trinajstić information content (AvgIpc) is 2.90. The lowest BCUT2D eigenvalue weighted by molar-refractivity contribution is -0.104. The van der Waals surface area contributed by atoms with Gasteiger partial charge in [-0.3, -0.25) is 10.2 Å². The first kappa shape index (κ1) is 16.5. The number of nitrogens with one attached hydrogen (secondary N) is 1. The van der Waals surface area contributed by atoms with E-state index < -0.39 is 27.8 Å². The Morgan fingerprint density at radius 3 is 2.71 bits per heavy atom. The lowest BCUT2D eigenvalue weighted by Gasteiger charge is -2.25. The second kappa shape index (κ2) is 5.31. The van der Waals surface area contributed by atoms with Crippen LogP contribution >= 0.6 is 0 Å². The second-order valence-corrected chi connectivity index (χ2v) is 7.14. The predicted octanol–water partition coefficient (Wildman–Crippen LogP) is 1.20. The van der Waals surface area contributed by atoms with Crippen LogP contribution < -0.4 is 5.32 Å². The highest BCUT2D eigenvalue weighted by Gasteiger charge is 2.40. The molecule has 0 bridgehead atoms. The third-order valence-corrected chi connectivity index (χ3v) is 4.48. The minimum atomic E-state index is -4.65. The lowest BCUT2D eigenvalue weighted by atomic mass is 10.1. The molecule has 1 aromatic rings. The molecule has 128 valence electrons. The molecule has 0 saturated heterocycles. The molecule has 2 N–H and O–H groups in total. The first-order valence-corrected chi connectivity index (χ1v) is 8.44. The maximum Gasteiger partial charge on any atom is 0.417 e. The summed E-state index contributed by atoms with van der Waals surface area (Å²) in [4.78, 5) is 7.84. The largest absolute Gasteiger partial charge is 0.417 e. The van der Waals surface area contributed by atoms with Crippen molar-refractivity contribution in [1.82, 2.24) is 15.4 Å². The molecule has 0 amide bonds. The minimum absolute atomic E-state index is 0.0303. The number of halogens is 3. The molecule has 0 saturated carbocycles. The number of amidine groups is 1. The van der Waals surface area contributed by atoms with Crippen LogP contribution in [0.4, 0.5) is 13.2 Å². The van der Waals surface area contributed by atoms with Gasteiger partial charge in [0.15, 0.2) is 21.8 Å². The summed E-state index contributed by atoms with van der Waals surface area (Å²) >= 11 is 0. The molecular weight excluding hydrogens is 349 g/mol. The molecule has 0 spiro atoms. The molecule has 0 fully saturated rings. The Kier molecular flexibility index (Phi) is 3.64. The fourth-order valence-corrected chi connectivity index (χ4v) is 3.12. The number of allylic oxidation sites excluding steroid dienone is 2. The quantitative estimate of drug-likeness (QED) is 0.823. The van der Waals surface area contributed by atoms with Crippen molar-refractivity contribution < 1.29 is 26.8 Å². The number of aromatic nitrogens is 1. The number of rotatable bonds is 2. The molecule has 2 aliphatic heterocycles. The van der Waals surface area contributed by atoms with E-state index in [1.165, 1.54) is 18.3 Å². The average molecular weight is 360 g/mol. The van der Waals surface area contributed by atoms with Gasteiger partial charge in [0, 0.05) is 18.7 Å². The van der Waals surface area contributed by atoms with E-state index in [-0.39, 0.29) is 22.1 Å². The van der Waals surface area contributed by atoms with E-state index in [4.69, 9.17) is 0 Å². The zero-order valence-corrected chi connectivity index (χ0v) is 12.9. The Balaban J connectivity index is 2.02. The number of alkyl halides is 3. The summed E-state index contributed by atoms with van der Waals surface area (Å²) in [5.41, 5.74) is -1.13. The first-order valence-electron chi connectivity index (χ1n) is 6.55. The van der Waals surface area contributed by atoms with Crippen LogP contribution in [-0.2, 0) is 9.84 Å². The molecule has 3 rings (SSSR count). The smallest absolute Gasteiger partial charge is 0.339 e. The monoisotopic (exact) mass is 360 g/mol. The molecule has 7 nitrogen and oxygen atoms in total. The van der Waals surface area contributed by atoms with Crippen molar-refractivity contribution in [3.05, 3.63) is 47.6 Å². The van der Waals surface area contributed by atoms with Crippen LogP contribution in [0.15, 0.2) is 51.8 Å². The Morgan fingerprint density at radius 1 is 1.38 bits per heavy atom. The van der Waals surface area contributed by atoms with Crippen molar-refractivity contribution in [2.45, 2.75) is 17.2 Å². The van der Waals surface area contributed by atoms with E-state index in [1.54, 1.807) is 0 Å². The summed E-state index contributed by atoms with van der Waals surface area (Å²) < 4.78 is 62.0. The zero-order chi connectivity index (χ0) is 17.7. The summed E-state index contributed by atoms with van der Waals surface area (Å²) in [6, 6.07) is 2.73. The lowest BCUT2D eigenvalue weighted by Crippen LogP contribution is -2.34. The van der Waals surface area contributed by atoms with Crippen LogP contribution in [0.5, 0.6) is 0 Å². The van der Waals surface area contributed by atoms with Crippen LogP contribution in [-0.4, -0.2) is 48.1 Å². The number of aliphatic imine (C=N–C) groups is 1. The van der Waals surface area contributed by atoms with Crippen LogP contribution in [0.1, 0.15) is 5.69 Å². The SMILES string of the molecule is CS(=O)(=O)c1cccnc1C1=NC2C(=CC(C(F)(F)F)=CN2O)N1. The van der Waals surface area contributed by atoms with E-state index in [2.05, 4.69) is 15.3 Å². The topological polar surface area (TPSA) is 94.9 Å². The molecule has 24 heavy (non-hydrogen) atoms. The van der Waals surface area contributed by atoms with Gasteiger partial charge in [-0.05, 0) is 18.2 Å². The summed E-state index contributed by atoms with van der Waals surface area (Å²) in [5, 5.41) is 12.6. The molecular formula is C13H11F3N4O3S. The number of hydrogen-bond donors (Lipinski definition) is 2. The summed E-state index contributed by atoms with van der Waals surface area (Å²) in [6.45, 7) is 0. The van der Waals surface area contributed by atoms with Gasteiger partial charge < -0.3 is 5.32 Å². The van der Waals surface area contributed by atoms with E-state index in [1.807, 2.05) is 0 Å².